The zero-order valence-corrected chi connectivity index (χ0v) is 9.95. The molecule has 4 heteroatoms. The van der Waals surface area contributed by atoms with Crippen LogP contribution in [0.4, 0.5) is 4.79 Å². The lowest BCUT2D eigenvalue weighted by Gasteiger charge is -2.20. The summed E-state index contributed by atoms with van der Waals surface area (Å²) < 4.78 is -0.277. The molecule has 0 radical (unpaired) electrons. The van der Waals surface area contributed by atoms with Gasteiger partial charge in [-0.2, -0.15) is 4.48 Å². The number of carbonyl (C=O) groups excluding carboxylic acids is 2. The Labute approximate surface area is 98.3 Å². The number of quaternary nitrogens is 1. The predicted octanol–water partition coefficient (Wildman–Crippen LogP) is 2.84. The van der Waals surface area contributed by atoms with Crippen molar-refractivity contribution >= 4 is 29.1 Å². The smallest absolute Gasteiger partial charge is 0.233 e. The quantitative estimate of drug-likeness (QED) is 0.583. The monoisotopic (exact) mass is 234 g/mol. The summed E-state index contributed by atoms with van der Waals surface area (Å²) in [4.78, 5) is 23.9. The van der Waals surface area contributed by atoms with Gasteiger partial charge in [-0.25, -0.2) is 9.59 Å². The maximum Gasteiger partial charge on any atom is 0.391 e. The Morgan fingerprint density at radius 1 is 1.25 bits per heavy atom. The van der Waals surface area contributed by atoms with E-state index in [1.165, 1.54) is 0 Å². The summed E-state index contributed by atoms with van der Waals surface area (Å²) in [5.74, 6) is 0. The Hall–Kier alpha value is -1.39. The van der Waals surface area contributed by atoms with Gasteiger partial charge in [0.25, 0.3) is 0 Å². The maximum absolute atomic E-state index is 11.8. The van der Waals surface area contributed by atoms with Crippen molar-refractivity contribution in [3.63, 3.8) is 0 Å². The van der Waals surface area contributed by atoms with Crippen molar-refractivity contribution in [2.24, 2.45) is 0 Å². The lowest BCUT2D eigenvalue weighted by molar-refractivity contribution is -0.652. The average Bonchev–Trinajstić information content (AvgIpc) is 2.52. The van der Waals surface area contributed by atoms with Crippen LogP contribution in [0, 0.1) is 0 Å². The van der Waals surface area contributed by atoms with Crippen molar-refractivity contribution in [3.05, 3.63) is 40.8 Å². The molecule has 3 nitrogen and oxygen atoms in total. The van der Waals surface area contributed by atoms with E-state index in [9.17, 15) is 9.59 Å². The normalized spacial score (nSPS) is 25.0. The van der Waals surface area contributed by atoms with Crippen LogP contribution in [0.1, 0.15) is 12.5 Å². The number of nitrogens with zero attached hydrogens (tertiary/aromatic N) is 1. The Balaban J connectivity index is 2.59. The van der Waals surface area contributed by atoms with Crippen LogP contribution in [0.3, 0.4) is 0 Å². The van der Waals surface area contributed by atoms with Gasteiger partial charge in [0.05, 0.1) is 12.0 Å². The Morgan fingerprint density at radius 2 is 1.88 bits per heavy atom. The van der Waals surface area contributed by atoms with Crippen LogP contribution in [-0.4, -0.2) is 23.2 Å². The Kier molecular flexibility index (Phi) is 2.69. The first-order valence-corrected chi connectivity index (χ1v) is 5.73. The predicted molar refractivity (Wildman–Crippen MR) is 64.3 cm³/mol. The number of allylic oxidation sites excluding steroid dienone is 1. The highest BCUT2D eigenvalue weighted by molar-refractivity contribution is 8.17. The van der Waals surface area contributed by atoms with E-state index in [-0.39, 0.29) is 9.72 Å². The van der Waals surface area contributed by atoms with Crippen molar-refractivity contribution in [2.75, 3.05) is 7.05 Å². The molecule has 1 atom stereocenters. The van der Waals surface area contributed by atoms with E-state index >= 15 is 0 Å². The third kappa shape index (κ3) is 1.50. The summed E-state index contributed by atoms with van der Waals surface area (Å²) >= 11 is 1.14. The van der Waals surface area contributed by atoms with Gasteiger partial charge in [0, 0.05) is 17.3 Å². The fourth-order valence-corrected chi connectivity index (χ4v) is 2.85. The number of imide groups is 1. The van der Waals surface area contributed by atoms with Crippen LogP contribution in [0.2, 0.25) is 0 Å². The first-order valence-electron chi connectivity index (χ1n) is 4.91. The molecule has 1 aromatic rings. The minimum absolute atomic E-state index is 0.147. The molecular formula is C12H12NO2S+. The van der Waals surface area contributed by atoms with E-state index in [1.54, 1.807) is 7.05 Å². The second kappa shape index (κ2) is 3.88. The molecule has 0 saturated carbocycles. The zero-order valence-electron chi connectivity index (χ0n) is 9.14. The largest absolute Gasteiger partial charge is 0.391 e. The van der Waals surface area contributed by atoms with E-state index in [0.29, 0.717) is 6.41 Å². The molecule has 0 bridgehead atoms. The van der Waals surface area contributed by atoms with Gasteiger partial charge in [-0.05, 0) is 19.1 Å². The minimum Gasteiger partial charge on any atom is -0.233 e. The summed E-state index contributed by atoms with van der Waals surface area (Å²) in [6.45, 7) is 1.87. The van der Waals surface area contributed by atoms with Crippen LogP contribution >= 0.6 is 11.8 Å². The summed E-state index contributed by atoms with van der Waals surface area (Å²) in [5.41, 5.74) is 1.71. The minimum atomic E-state index is -0.277. The van der Waals surface area contributed by atoms with Gasteiger partial charge in [-0.3, -0.25) is 0 Å². The summed E-state index contributed by atoms with van der Waals surface area (Å²) in [5, 5.41) is -0.147. The third-order valence-corrected chi connectivity index (χ3v) is 3.73. The lowest BCUT2D eigenvalue weighted by Crippen LogP contribution is -2.41. The molecule has 0 fully saturated rings. The molecule has 0 N–H and O–H groups in total. The van der Waals surface area contributed by atoms with Crippen LogP contribution in [-0.2, 0) is 4.79 Å². The molecule has 0 spiro atoms. The van der Waals surface area contributed by atoms with Crippen LogP contribution < -0.4 is 0 Å². The second-order valence-electron chi connectivity index (χ2n) is 3.82. The van der Waals surface area contributed by atoms with Crippen molar-refractivity contribution in [2.45, 2.75) is 6.92 Å². The number of amides is 2. The number of rotatable bonds is 2. The molecule has 1 aliphatic rings. The van der Waals surface area contributed by atoms with Gasteiger partial charge in [0.15, 0.2) is 5.70 Å². The topological polar surface area (TPSA) is 34.1 Å². The van der Waals surface area contributed by atoms with Crippen molar-refractivity contribution < 1.29 is 14.1 Å². The molecule has 82 valence electrons. The number of thioether (sulfide) groups is 1. The van der Waals surface area contributed by atoms with Crippen LogP contribution in [0.25, 0.3) is 5.70 Å². The first kappa shape index (κ1) is 11.1. The molecule has 1 heterocycles. The molecule has 2 rings (SSSR count). The maximum atomic E-state index is 11.8. The fraction of sp³-hybridized carbons (Fsp3) is 0.167. The summed E-state index contributed by atoms with van der Waals surface area (Å²) in [7, 11) is 1.63. The number of benzene rings is 1. The molecule has 1 aliphatic heterocycles. The van der Waals surface area contributed by atoms with Gasteiger partial charge in [-0.15, -0.1) is 0 Å². The summed E-state index contributed by atoms with van der Waals surface area (Å²) in [6, 6.07) is 9.54. The average molecular weight is 234 g/mol. The van der Waals surface area contributed by atoms with Crippen LogP contribution in [0.5, 0.6) is 0 Å². The van der Waals surface area contributed by atoms with Gasteiger partial charge in [-0.1, -0.05) is 18.2 Å². The lowest BCUT2D eigenvalue weighted by atomic mass is 10.1. The standard InChI is InChI=1S/C12H12NO2S/c1-9-11(10-6-4-3-5-7-10)13(2,8-14)12(15)16-9/h3-8H,1-2H3/q+1. The summed E-state index contributed by atoms with van der Waals surface area (Å²) in [6.07, 6.45) is 0.689. The Morgan fingerprint density at radius 3 is 2.44 bits per heavy atom. The fourth-order valence-electron chi connectivity index (χ4n) is 1.86. The van der Waals surface area contributed by atoms with Gasteiger partial charge in [0.2, 0.25) is 0 Å². The van der Waals surface area contributed by atoms with E-state index in [0.717, 1.165) is 27.9 Å². The molecule has 1 unspecified atom stereocenters. The van der Waals surface area contributed by atoms with E-state index in [4.69, 9.17) is 0 Å². The molecule has 16 heavy (non-hydrogen) atoms. The highest BCUT2D eigenvalue weighted by Crippen LogP contribution is 2.43. The number of hydrogen-bond acceptors (Lipinski definition) is 3. The first-order chi connectivity index (χ1) is 7.59. The number of hydrogen-bond donors (Lipinski definition) is 0. The van der Waals surface area contributed by atoms with Gasteiger partial charge >= 0.3 is 11.6 Å². The third-order valence-electron chi connectivity index (χ3n) is 2.68. The molecular weight excluding hydrogens is 222 g/mol. The molecule has 0 aromatic heterocycles. The van der Waals surface area contributed by atoms with Gasteiger partial charge < -0.3 is 0 Å². The van der Waals surface area contributed by atoms with Crippen molar-refractivity contribution in [1.82, 2.24) is 0 Å². The Bertz CT molecular complexity index is 481. The molecule has 1 aromatic carbocycles. The van der Waals surface area contributed by atoms with E-state index in [2.05, 4.69) is 0 Å². The highest BCUT2D eigenvalue weighted by Gasteiger charge is 2.46. The van der Waals surface area contributed by atoms with E-state index in [1.807, 2.05) is 37.3 Å². The molecule has 0 aliphatic carbocycles. The van der Waals surface area contributed by atoms with E-state index < -0.39 is 0 Å². The second-order valence-corrected chi connectivity index (χ2v) is 4.99. The SMILES string of the molecule is CC1=C(c2ccccc2)[N+](C)(C=O)C(=O)S1. The van der Waals surface area contributed by atoms with Crippen molar-refractivity contribution in [1.29, 1.82) is 0 Å². The number of carbonyl (C=O) groups is 2. The zero-order chi connectivity index (χ0) is 11.8. The molecule has 2 amide bonds. The van der Waals surface area contributed by atoms with Crippen LogP contribution in [0.15, 0.2) is 35.2 Å². The highest BCUT2D eigenvalue weighted by atomic mass is 32.2. The van der Waals surface area contributed by atoms with Gasteiger partial charge in [0.1, 0.15) is 0 Å². The molecule has 0 saturated heterocycles. The van der Waals surface area contributed by atoms with Crippen molar-refractivity contribution in [3.8, 4) is 0 Å².